The normalized spacial score (nSPS) is 11.9. The molecule has 1 rings (SSSR count). The number of pyridine rings is 1. The van der Waals surface area contributed by atoms with Crippen molar-refractivity contribution in [2.45, 2.75) is 32.7 Å². The smallest absolute Gasteiger partial charge is 0.221 e. The number of carbonyl (C=O) groups is 1. The molecule has 18 heavy (non-hydrogen) atoms. The minimum Gasteiger partial charge on any atom is -0.396 e. The highest BCUT2D eigenvalue weighted by Crippen LogP contribution is 2.26. The summed E-state index contributed by atoms with van der Waals surface area (Å²) >= 11 is 3.36. The molecule has 0 spiro atoms. The summed E-state index contributed by atoms with van der Waals surface area (Å²) in [5, 5.41) is 6.04. The first-order valence-electron chi connectivity index (χ1n) is 5.96. The predicted molar refractivity (Wildman–Crippen MR) is 77.4 cm³/mol. The molecule has 0 aliphatic heterocycles. The van der Waals surface area contributed by atoms with Gasteiger partial charge in [0.2, 0.25) is 5.91 Å². The van der Waals surface area contributed by atoms with Gasteiger partial charge in [0.25, 0.3) is 0 Å². The molecule has 100 valence electrons. The standard InChI is InChI=1S/C12H19BrN4O/c1-3-8(2)17-11(18)4-5-16-12-9(13)6-15-7-10(12)14/h6-8H,3-5,14H2,1-2H3,(H,15,16)(H,17,18). The van der Waals surface area contributed by atoms with Gasteiger partial charge in [-0.25, -0.2) is 0 Å². The average Bonchev–Trinajstić information content (AvgIpc) is 2.32. The number of anilines is 2. The van der Waals surface area contributed by atoms with Gasteiger partial charge in [-0.3, -0.25) is 9.78 Å². The van der Waals surface area contributed by atoms with E-state index in [0.29, 0.717) is 18.7 Å². The summed E-state index contributed by atoms with van der Waals surface area (Å²) in [5.41, 5.74) is 7.13. The molecule has 1 unspecified atom stereocenters. The first-order valence-corrected chi connectivity index (χ1v) is 6.76. The number of amides is 1. The lowest BCUT2D eigenvalue weighted by Gasteiger charge is -2.13. The molecule has 0 saturated carbocycles. The fraction of sp³-hybridized carbons (Fsp3) is 0.500. The first kappa shape index (κ1) is 14.8. The summed E-state index contributed by atoms with van der Waals surface area (Å²) in [6.45, 7) is 4.57. The van der Waals surface area contributed by atoms with Crippen LogP contribution in [0, 0.1) is 0 Å². The number of halogens is 1. The third kappa shape index (κ3) is 4.52. The third-order valence-electron chi connectivity index (χ3n) is 2.60. The molecule has 1 aromatic heterocycles. The Balaban J connectivity index is 2.40. The zero-order valence-corrected chi connectivity index (χ0v) is 12.3. The average molecular weight is 315 g/mol. The second-order valence-corrected chi connectivity index (χ2v) is 4.99. The second kappa shape index (κ2) is 7.20. The van der Waals surface area contributed by atoms with Gasteiger partial charge in [0.15, 0.2) is 0 Å². The molecule has 0 aliphatic rings. The van der Waals surface area contributed by atoms with E-state index in [4.69, 9.17) is 5.73 Å². The molecule has 0 aliphatic carbocycles. The maximum absolute atomic E-state index is 11.6. The van der Waals surface area contributed by atoms with Gasteiger partial charge >= 0.3 is 0 Å². The number of nitrogen functional groups attached to an aromatic ring is 1. The zero-order valence-electron chi connectivity index (χ0n) is 10.7. The molecule has 0 fully saturated rings. The van der Waals surface area contributed by atoms with E-state index in [-0.39, 0.29) is 11.9 Å². The maximum atomic E-state index is 11.6. The van der Waals surface area contributed by atoms with E-state index in [2.05, 4.69) is 31.5 Å². The molecule has 0 bridgehead atoms. The monoisotopic (exact) mass is 314 g/mol. The van der Waals surface area contributed by atoms with Crippen LogP contribution in [0.3, 0.4) is 0 Å². The molecular formula is C12H19BrN4O. The first-order chi connectivity index (χ1) is 8.54. The maximum Gasteiger partial charge on any atom is 0.221 e. The van der Waals surface area contributed by atoms with E-state index >= 15 is 0 Å². The molecule has 0 radical (unpaired) electrons. The Morgan fingerprint density at radius 1 is 1.56 bits per heavy atom. The Morgan fingerprint density at radius 2 is 2.28 bits per heavy atom. The Kier molecular flexibility index (Phi) is 5.91. The summed E-state index contributed by atoms with van der Waals surface area (Å²) in [5.74, 6) is 0.0422. The zero-order chi connectivity index (χ0) is 13.5. The Labute approximate surface area is 116 Å². The highest BCUT2D eigenvalue weighted by atomic mass is 79.9. The van der Waals surface area contributed by atoms with Crippen LogP contribution in [0.2, 0.25) is 0 Å². The van der Waals surface area contributed by atoms with E-state index in [1.165, 1.54) is 0 Å². The number of nitrogens with zero attached hydrogens (tertiary/aromatic N) is 1. The van der Waals surface area contributed by atoms with E-state index in [1.807, 2.05) is 13.8 Å². The van der Waals surface area contributed by atoms with Crippen molar-refractivity contribution in [2.24, 2.45) is 0 Å². The Bertz CT molecular complexity index is 391. The van der Waals surface area contributed by atoms with Gasteiger partial charge in [0.1, 0.15) is 0 Å². The van der Waals surface area contributed by atoms with E-state index < -0.39 is 0 Å². The van der Waals surface area contributed by atoms with Crippen molar-refractivity contribution in [3.05, 3.63) is 16.9 Å². The van der Waals surface area contributed by atoms with Crippen molar-refractivity contribution in [2.75, 3.05) is 17.6 Å². The van der Waals surface area contributed by atoms with Crippen LogP contribution in [-0.2, 0) is 4.79 Å². The highest BCUT2D eigenvalue weighted by Gasteiger charge is 2.07. The van der Waals surface area contributed by atoms with Crippen LogP contribution in [0.15, 0.2) is 16.9 Å². The van der Waals surface area contributed by atoms with Crippen molar-refractivity contribution in [1.82, 2.24) is 10.3 Å². The van der Waals surface area contributed by atoms with Crippen LogP contribution in [0.4, 0.5) is 11.4 Å². The summed E-state index contributed by atoms with van der Waals surface area (Å²) in [7, 11) is 0. The second-order valence-electron chi connectivity index (χ2n) is 4.14. The van der Waals surface area contributed by atoms with Crippen molar-refractivity contribution in [1.29, 1.82) is 0 Å². The lowest BCUT2D eigenvalue weighted by molar-refractivity contribution is -0.121. The van der Waals surface area contributed by atoms with Gasteiger partial charge in [-0.2, -0.15) is 0 Å². The lowest BCUT2D eigenvalue weighted by Crippen LogP contribution is -2.33. The van der Waals surface area contributed by atoms with E-state index in [9.17, 15) is 4.79 Å². The van der Waals surface area contributed by atoms with Crippen LogP contribution in [0.5, 0.6) is 0 Å². The van der Waals surface area contributed by atoms with Crippen LogP contribution in [0.25, 0.3) is 0 Å². The number of nitrogens with one attached hydrogen (secondary N) is 2. The number of hydrogen-bond acceptors (Lipinski definition) is 4. The molecule has 0 saturated heterocycles. The fourth-order valence-corrected chi connectivity index (χ4v) is 1.87. The molecule has 1 heterocycles. The number of hydrogen-bond donors (Lipinski definition) is 3. The van der Waals surface area contributed by atoms with E-state index in [0.717, 1.165) is 16.6 Å². The van der Waals surface area contributed by atoms with Gasteiger partial charge in [0, 0.05) is 25.2 Å². The molecule has 1 amide bonds. The number of carbonyl (C=O) groups excluding carboxylic acids is 1. The SMILES string of the molecule is CCC(C)NC(=O)CCNc1c(N)cncc1Br. The molecule has 4 N–H and O–H groups in total. The minimum atomic E-state index is 0.0422. The van der Waals surface area contributed by atoms with Gasteiger partial charge < -0.3 is 16.4 Å². The quantitative estimate of drug-likeness (QED) is 0.751. The van der Waals surface area contributed by atoms with Gasteiger partial charge in [-0.15, -0.1) is 0 Å². The van der Waals surface area contributed by atoms with Crippen LogP contribution in [-0.4, -0.2) is 23.5 Å². The Hall–Kier alpha value is -1.30. The molecule has 1 atom stereocenters. The number of nitrogens with two attached hydrogens (primary N) is 1. The van der Waals surface area contributed by atoms with Crippen LogP contribution < -0.4 is 16.4 Å². The van der Waals surface area contributed by atoms with Crippen LogP contribution >= 0.6 is 15.9 Å². The molecular weight excluding hydrogens is 296 g/mol. The lowest BCUT2D eigenvalue weighted by atomic mass is 10.2. The summed E-state index contributed by atoms with van der Waals surface area (Å²) in [6, 6.07) is 0.218. The fourth-order valence-electron chi connectivity index (χ4n) is 1.39. The highest BCUT2D eigenvalue weighted by molar-refractivity contribution is 9.10. The molecule has 6 heteroatoms. The predicted octanol–water partition coefficient (Wildman–Crippen LogP) is 2.14. The molecule has 5 nitrogen and oxygen atoms in total. The summed E-state index contributed by atoms with van der Waals surface area (Å²) in [6.07, 6.45) is 4.59. The molecule has 1 aromatic rings. The van der Waals surface area contributed by atoms with Gasteiger partial charge in [-0.05, 0) is 29.3 Å². The Morgan fingerprint density at radius 3 is 2.89 bits per heavy atom. The molecule has 0 aromatic carbocycles. The van der Waals surface area contributed by atoms with Gasteiger partial charge in [-0.1, -0.05) is 6.92 Å². The number of aromatic nitrogens is 1. The topological polar surface area (TPSA) is 80.0 Å². The summed E-state index contributed by atoms with van der Waals surface area (Å²) < 4.78 is 0.796. The number of rotatable bonds is 6. The van der Waals surface area contributed by atoms with E-state index in [1.54, 1.807) is 12.4 Å². The van der Waals surface area contributed by atoms with Crippen molar-refractivity contribution in [3.63, 3.8) is 0 Å². The van der Waals surface area contributed by atoms with Crippen molar-refractivity contribution >= 4 is 33.2 Å². The van der Waals surface area contributed by atoms with Crippen molar-refractivity contribution in [3.8, 4) is 0 Å². The third-order valence-corrected chi connectivity index (χ3v) is 3.20. The van der Waals surface area contributed by atoms with Crippen molar-refractivity contribution < 1.29 is 4.79 Å². The van der Waals surface area contributed by atoms with Gasteiger partial charge in [0.05, 0.1) is 22.0 Å². The summed E-state index contributed by atoms with van der Waals surface area (Å²) in [4.78, 5) is 15.5. The minimum absolute atomic E-state index is 0.0422. The van der Waals surface area contributed by atoms with Crippen LogP contribution in [0.1, 0.15) is 26.7 Å². The largest absolute Gasteiger partial charge is 0.396 e.